The Morgan fingerprint density at radius 1 is 1.10 bits per heavy atom. The lowest BCUT2D eigenvalue weighted by atomic mass is 10.1. The van der Waals surface area contributed by atoms with Crippen molar-refractivity contribution in [3.63, 3.8) is 0 Å². The summed E-state index contributed by atoms with van der Waals surface area (Å²) in [6, 6.07) is 14.3. The lowest BCUT2D eigenvalue weighted by Crippen LogP contribution is -2.22. The van der Waals surface area contributed by atoms with Gasteiger partial charge in [-0.15, -0.1) is 0 Å². The van der Waals surface area contributed by atoms with Gasteiger partial charge in [0.25, 0.3) is 0 Å². The Morgan fingerprint density at radius 3 is 2.52 bits per heavy atom. The van der Waals surface area contributed by atoms with Crippen molar-refractivity contribution >= 4 is 5.97 Å². The summed E-state index contributed by atoms with van der Waals surface area (Å²) in [5.41, 5.74) is 2.52. The quantitative estimate of drug-likeness (QED) is 0.738. The number of benzene rings is 2. The molecular weight excluding hydrogens is 266 g/mol. The largest absolute Gasteiger partial charge is 0.545 e. The molecule has 0 aliphatic carbocycles. The highest BCUT2D eigenvalue weighted by Crippen LogP contribution is 2.28. The number of aromatic carboxylic acids is 1. The van der Waals surface area contributed by atoms with Crippen molar-refractivity contribution in [2.75, 3.05) is 0 Å². The van der Waals surface area contributed by atoms with Gasteiger partial charge in [-0.2, -0.15) is 0 Å². The minimum atomic E-state index is -1.25. The SMILES string of the molecule is Cc1ccc(-c2cnc(-c3ccccc3C(=O)[O-])o2)cc1. The molecule has 0 saturated carbocycles. The van der Waals surface area contributed by atoms with Crippen LogP contribution in [0.4, 0.5) is 0 Å². The molecule has 104 valence electrons. The Bertz CT molecular complexity index is 788. The van der Waals surface area contributed by atoms with Gasteiger partial charge in [-0.25, -0.2) is 4.98 Å². The highest BCUT2D eigenvalue weighted by molar-refractivity contribution is 5.93. The average Bonchev–Trinajstić information content (AvgIpc) is 2.97. The van der Waals surface area contributed by atoms with Crippen molar-refractivity contribution in [3.05, 3.63) is 65.9 Å². The minimum absolute atomic E-state index is 0.0646. The van der Waals surface area contributed by atoms with Gasteiger partial charge in [0.05, 0.1) is 12.2 Å². The fraction of sp³-hybridized carbons (Fsp3) is 0.0588. The first kappa shape index (κ1) is 13.1. The van der Waals surface area contributed by atoms with E-state index in [1.54, 1.807) is 24.4 Å². The number of oxazole rings is 1. The fourth-order valence-corrected chi connectivity index (χ4v) is 2.10. The molecule has 4 nitrogen and oxygen atoms in total. The van der Waals surface area contributed by atoms with Crippen LogP contribution in [0.2, 0.25) is 0 Å². The smallest absolute Gasteiger partial charge is 0.227 e. The Hall–Kier alpha value is -2.88. The fourth-order valence-electron chi connectivity index (χ4n) is 2.10. The molecule has 0 spiro atoms. The Labute approximate surface area is 121 Å². The van der Waals surface area contributed by atoms with E-state index >= 15 is 0 Å². The first-order valence-corrected chi connectivity index (χ1v) is 6.49. The second-order valence-electron chi connectivity index (χ2n) is 4.73. The van der Waals surface area contributed by atoms with Crippen molar-refractivity contribution in [2.45, 2.75) is 6.92 Å². The van der Waals surface area contributed by atoms with Crippen LogP contribution < -0.4 is 5.11 Å². The number of carboxylic acid groups (broad SMARTS) is 1. The first-order chi connectivity index (χ1) is 10.1. The van der Waals surface area contributed by atoms with Crippen LogP contribution in [0.3, 0.4) is 0 Å². The standard InChI is InChI=1S/C17H13NO3/c1-11-6-8-12(9-7-11)15-10-18-16(21-15)13-4-2-3-5-14(13)17(19)20/h2-10H,1H3,(H,19,20)/p-1. The molecule has 4 heteroatoms. The highest BCUT2D eigenvalue weighted by Gasteiger charge is 2.12. The minimum Gasteiger partial charge on any atom is -0.545 e. The summed E-state index contributed by atoms with van der Waals surface area (Å²) in [5.74, 6) is -0.385. The summed E-state index contributed by atoms with van der Waals surface area (Å²) in [6.07, 6.45) is 1.59. The summed E-state index contributed by atoms with van der Waals surface area (Å²) in [5, 5.41) is 11.1. The third-order valence-corrected chi connectivity index (χ3v) is 3.22. The van der Waals surface area contributed by atoms with E-state index in [4.69, 9.17) is 4.42 Å². The summed E-state index contributed by atoms with van der Waals surface area (Å²) >= 11 is 0. The molecule has 3 aromatic rings. The van der Waals surface area contributed by atoms with Gasteiger partial charge in [0.1, 0.15) is 0 Å². The van der Waals surface area contributed by atoms with Gasteiger partial charge < -0.3 is 14.3 Å². The van der Waals surface area contributed by atoms with Gasteiger partial charge in [-0.05, 0) is 13.0 Å². The van der Waals surface area contributed by atoms with Gasteiger partial charge in [0.2, 0.25) is 5.89 Å². The maximum absolute atomic E-state index is 11.1. The van der Waals surface area contributed by atoms with E-state index in [2.05, 4.69) is 4.98 Å². The lowest BCUT2D eigenvalue weighted by Gasteiger charge is -2.06. The second kappa shape index (κ2) is 5.25. The number of hydrogen-bond acceptors (Lipinski definition) is 4. The summed E-state index contributed by atoms with van der Waals surface area (Å²) in [4.78, 5) is 15.3. The third-order valence-electron chi connectivity index (χ3n) is 3.22. The molecule has 3 rings (SSSR count). The Balaban J connectivity index is 2.03. The van der Waals surface area contributed by atoms with Crippen LogP contribution in [-0.2, 0) is 0 Å². The molecule has 0 unspecified atom stereocenters. The van der Waals surface area contributed by atoms with Crippen molar-refractivity contribution in [1.82, 2.24) is 4.98 Å². The van der Waals surface area contributed by atoms with Crippen LogP contribution in [0.25, 0.3) is 22.8 Å². The number of nitrogens with zero attached hydrogens (tertiary/aromatic N) is 1. The molecule has 0 fully saturated rings. The van der Waals surface area contributed by atoms with Crippen LogP contribution in [0.1, 0.15) is 15.9 Å². The molecule has 1 aromatic heterocycles. The molecular formula is C17H12NO3-. The van der Waals surface area contributed by atoms with Crippen molar-refractivity contribution < 1.29 is 14.3 Å². The van der Waals surface area contributed by atoms with Gasteiger partial charge >= 0.3 is 0 Å². The zero-order valence-electron chi connectivity index (χ0n) is 11.4. The zero-order chi connectivity index (χ0) is 14.8. The number of carboxylic acids is 1. The Kier molecular flexibility index (Phi) is 3.28. The van der Waals surface area contributed by atoms with Crippen molar-refractivity contribution in [3.8, 4) is 22.8 Å². The van der Waals surface area contributed by atoms with E-state index in [0.717, 1.165) is 11.1 Å². The predicted octanol–water partition coefficient (Wildman–Crippen LogP) is 2.68. The van der Waals surface area contributed by atoms with Crippen molar-refractivity contribution in [1.29, 1.82) is 0 Å². The van der Waals surface area contributed by atoms with Gasteiger partial charge in [-0.1, -0.05) is 48.0 Å². The van der Waals surface area contributed by atoms with Crippen LogP contribution in [0.15, 0.2) is 59.1 Å². The molecule has 21 heavy (non-hydrogen) atoms. The van der Waals surface area contributed by atoms with E-state index in [-0.39, 0.29) is 11.5 Å². The molecule has 0 atom stereocenters. The van der Waals surface area contributed by atoms with Crippen LogP contribution in [0, 0.1) is 6.92 Å². The van der Waals surface area contributed by atoms with E-state index in [9.17, 15) is 9.90 Å². The number of carbonyl (C=O) groups is 1. The van der Waals surface area contributed by atoms with Crippen LogP contribution >= 0.6 is 0 Å². The molecule has 0 N–H and O–H groups in total. The summed E-state index contributed by atoms with van der Waals surface area (Å²) in [7, 11) is 0. The molecule has 2 aromatic carbocycles. The molecule has 0 aliphatic heterocycles. The average molecular weight is 278 g/mol. The number of hydrogen-bond donors (Lipinski definition) is 0. The molecule has 1 heterocycles. The number of rotatable bonds is 3. The second-order valence-corrected chi connectivity index (χ2v) is 4.73. The predicted molar refractivity (Wildman–Crippen MR) is 76.4 cm³/mol. The van der Waals surface area contributed by atoms with Gasteiger partial charge in [-0.3, -0.25) is 0 Å². The summed E-state index contributed by atoms with van der Waals surface area (Å²) in [6.45, 7) is 2.01. The van der Waals surface area contributed by atoms with E-state index < -0.39 is 5.97 Å². The van der Waals surface area contributed by atoms with Gasteiger partial charge in [0, 0.05) is 16.7 Å². The number of aromatic nitrogens is 1. The monoisotopic (exact) mass is 278 g/mol. The van der Waals surface area contributed by atoms with Crippen LogP contribution in [0.5, 0.6) is 0 Å². The maximum atomic E-state index is 11.1. The lowest BCUT2D eigenvalue weighted by molar-refractivity contribution is -0.254. The molecule has 0 aliphatic rings. The number of carbonyl (C=O) groups excluding carboxylic acids is 1. The summed E-state index contributed by atoms with van der Waals surface area (Å²) < 4.78 is 5.68. The molecule has 0 saturated heterocycles. The van der Waals surface area contributed by atoms with Crippen LogP contribution in [-0.4, -0.2) is 11.0 Å². The zero-order valence-corrected chi connectivity index (χ0v) is 11.4. The van der Waals surface area contributed by atoms with E-state index in [1.807, 2.05) is 31.2 Å². The number of aryl methyl sites for hydroxylation is 1. The van der Waals surface area contributed by atoms with E-state index in [0.29, 0.717) is 11.3 Å². The third kappa shape index (κ3) is 2.56. The molecule has 0 bridgehead atoms. The Morgan fingerprint density at radius 2 is 1.81 bits per heavy atom. The van der Waals surface area contributed by atoms with E-state index in [1.165, 1.54) is 6.07 Å². The molecule has 0 radical (unpaired) electrons. The molecule has 0 amide bonds. The topological polar surface area (TPSA) is 66.2 Å². The first-order valence-electron chi connectivity index (χ1n) is 6.49. The van der Waals surface area contributed by atoms with Gasteiger partial charge in [0.15, 0.2) is 5.76 Å². The normalized spacial score (nSPS) is 10.5. The maximum Gasteiger partial charge on any atom is 0.227 e. The highest BCUT2D eigenvalue weighted by atomic mass is 16.4. The van der Waals surface area contributed by atoms with Crippen molar-refractivity contribution in [2.24, 2.45) is 0 Å².